The molecule has 0 unspecified atom stereocenters. The highest BCUT2D eigenvalue weighted by molar-refractivity contribution is 6.25. The molecule has 2 aliphatic rings. The van der Waals surface area contributed by atoms with E-state index >= 15 is 0 Å². The molecule has 55 heavy (non-hydrogen) atoms. The van der Waals surface area contributed by atoms with Gasteiger partial charge in [-0.05, 0) is 139 Å². The van der Waals surface area contributed by atoms with Crippen molar-refractivity contribution in [2.75, 3.05) is 0 Å². The van der Waals surface area contributed by atoms with E-state index in [-0.39, 0.29) is 0 Å². The molecule has 0 heteroatoms. The normalized spacial score (nSPS) is 13.6. The van der Waals surface area contributed by atoms with Crippen molar-refractivity contribution in [2.45, 2.75) is 5.41 Å². The van der Waals surface area contributed by atoms with Gasteiger partial charge in [0.15, 0.2) is 0 Å². The maximum Gasteiger partial charge on any atom is 0.0731 e. The SMILES string of the molecule is c1ccc(-c2ccc3ccc4cccc5ccc2c3c45)c(-c2ccc3cc4c(cc3c2)-c2ccc3ccccc3c2C42c3ccccc3-c3ccccc32)c1. The summed E-state index contributed by atoms with van der Waals surface area (Å²) >= 11 is 0. The fourth-order valence-corrected chi connectivity index (χ4v) is 10.8. The van der Waals surface area contributed by atoms with Crippen LogP contribution in [0.1, 0.15) is 22.3 Å². The quantitative estimate of drug-likeness (QED) is 0.158. The summed E-state index contributed by atoms with van der Waals surface area (Å²) in [5, 5.41) is 13.0. The molecule has 0 nitrogen and oxygen atoms in total. The molecule has 252 valence electrons. The topological polar surface area (TPSA) is 0 Å². The number of rotatable bonds is 2. The third kappa shape index (κ3) is 3.71. The van der Waals surface area contributed by atoms with Crippen LogP contribution in [0.15, 0.2) is 194 Å². The first-order chi connectivity index (χ1) is 27.3. The van der Waals surface area contributed by atoms with Crippen molar-refractivity contribution in [3.8, 4) is 44.5 Å². The van der Waals surface area contributed by atoms with Crippen LogP contribution < -0.4 is 0 Å². The van der Waals surface area contributed by atoms with Gasteiger partial charge in [-0.3, -0.25) is 0 Å². The van der Waals surface area contributed by atoms with Crippen molar-refractivity contribution in [3.63, 3.8) is 0 Å². The average molecular weight is 693 g/mol. The molecular formula is C55H32. The van der Waals surface area contributed by atoms with Gasteiger partial charge < -0.3 is 0 Å². The van der Waals surface area contributed by atoms with Crippen molar-refractivity contribution >= 4 is 53.9 Å². The first-order valence-corrected chi connectivity index (χ1v) is 19.3. The first-order valence-electron chi connectivity index (χ1n) is 19.3. The van der Waals surface area contributed by atoms with E-state index in [1.165, 1.54) is 121 Å². The Morgan fingerprint density at radius 3 is 1.64 bits per heavy atom. The molecule has 0 atom stereocenters. The van der Waals surface area contributed by atoms with Crippen LogP contribution in [0.4, 0.5) is 0 Å². The summed E-state index contributed by atoms with van der Waals surface area (Å²) in [4.78, 5) is 0. The summed E-state index contributed by atoms with van der Waals surface area (Å²) in [6.07, 6.45) is 0. The Hall–Kier alpha value is -7.02. The summed E-state index contributed by atoms with van der Waals surface area (Å²) in [6, 6.07) is 73.4. The highest BCUT2D eigenvalue weighted by atomic mass is 14.5. The summed E-state index contributed by atoms with van der Waals surface area (Å²) in [5.41, 5.74) is 15.5. The molecule has 2 aliphatic carbocycles. The summed E-state index contributed by atoms with van der Waals surface area (Å²) in [6.45, 7) is 0. The highest BCUT2D eigenvalue weighted by Crippen LogP contribution is 2.64. The molecule has 1 spiro atoms. The van der Waals surface area contributed by atoms with Gasteiger partial charge in [0.05, 0.1) is 5.41 Å². The molecule has 0 saturated carbocycles. The Labute approximate surface area is 318 Å². The third-order valence-corrected chi connectivity index (χ3v) is 13.0. The zero-order valence-electron chi connectivity index (χ0n) is 30.0. The highest BCUT2D eigenvalue weighted by Gasteiger charge is 2.52. The van der Waals surface area contributed by atoms with Crippen LogP contribution >= 0.6 is 0 Å². The molecule has 0 aliphatic heterocycles. The maximum absolute atomic E-state index is 2.51. The predicted octanol–water partition coefficient (Wildman–Crippen LogP) is 14.6. The molecule has 0 aromatic heterocycles. The van der Waals surface area contributed by atoms with Crippen LogP contribution in [0.3, 0.4) is 0 Å². The van der Waals surface area contributed by atoms with Crippen LogP contribution in [0.2, 0.25) is 0 Å². The summed E-state index contributed by atoms with van der Waals surface area (Å²) < 4.78 is 0. The van der Waals surface area contributed by atoms with E-state index in [0.717, 1.165) is 0 Å². The standard InChI is InChI=1S/C55H32/c1-2-14-41-33(10-1)24-29-47-48-31-39-30-38(23-22-37(39)32-51(48)55(54(41)47)49-18-7-5-16-44(49)45-17-6-8-19-50(45)55)40-13-3-4-15-42(40)43-27-25-36-21-20-34-11-9-12-35-26-28-46(43)53(36)52(34)35/h1-32H. The van der Waals surface area contributed by atoms with E-state index in [2.05, 4.69) is 194 Å². The van der Waals surface area contributed by atoms with Crippen LogP contribution in [-0.2, 0) is 5.41 Å². The second kappa shape index (κ2) is 10.6. The van der Waals surface area contributed by atoms with Crippen molar-refractivity contribution in [3.05, 3.63) is 216 Å². The van der Waals surface area contributed by atoms with Gasteiger partial charge in [0, 0.05) is 0 Å². The molecular weight excluding hydrogens is 661 g/mol. The Balaban J connectivity index is 1.06. The number of benzene rings is 11. The largest absolute Gasteiger partial charge is 0.0731 e. The van der Waals surface area contributed by atoms with Gasteiger partial charge in [-0.15, -0.1) is 0 Å². The van der Waals surface area contributed by atoms with Gasteiger partial charge >= 0.3 is 0 Å². The molecule has 11 aromatic rings. The Kier molecular flexibility index (Phi) is 5.65. The zero-order chi connectivity index (χ0) is 35.8. The maximum atomic E-state index is 2.51. The predicted molar refractivity (Wildman–Crippen MR) is 232 cm³/mol. The summed E-state index contributed by atoms with van der Waals surface area (Å²) in [7, 11) is 0. The van der Waals surface area contributed by atoms with Crippen molar-refractivity contribution < 1.29 is 0 Å². The van der Waals surface area contributed by atoms with Gasteiger partial charge in [-0.25, -0.2) is 0 Å². The average Bonchev–Trinajstić information content (AvgIpc) is 3.71. The Morgan fingerprint density at radius 1 is 0.255 bits per heavy atom. The van der Waals surface area contributed by atoms with Gasteiger partial charge in [-0.1, -0.05) is 176 Å². The number of hydrogen-bond acceptors (Lipinski definition) is 0. The van der Waals surface area contributed by atoms with E-state index in [1.807, 2.05) is 0 Å². The lowest BCUT2D eigenvalue weighted by molar-refractivity contribution is 0.802. The first kappa shape index (κ1) is 29.4. The molecule has 0 N–H and O–H groups in total. The Morgan fingerprint density at radius 2 is 0.836 bits per heavy atom. The monoisotopic (exact) mass is 692 g/mol. The molecule has 0 bridgehead atoms. The minimum absolute atomic E-state index is 0.396. The molecule has 0 saturated heterocycles. The van der Waals surface area contributed by atoms with E-state index in [4.69, 9.17) is 0 Å². The fourth-order valence-electron chi connectivity index (χ4n) is 10.8. The molecule has 0 amide bonds. The van der Waals surface area contributed by atoms with E-state index < -0.39 is 5.41 Å². The fraction of sp³-hybridized carbons (Fsp3) is 0.0182. The van der Waals surface area contributed by atoms with Crippen LogP contribution in [0, 0.1) is 0 Å². The van der Waals surface area contributed by atoms with Gasteiger partial charge in [0.25, 0.3) is 0 Å². The second-order valence-corrected chi connectivity index (χ2v) is 15.5. The van der Waals surface area contributed by atoms with Crippen molar-refractivity contribution in [1.29, 1.82) is 0 Å². The molecule has 0 radical (unpaired) electrons. The van der Waals surface area contributed by atoms with E-state index in [9.17, 15) is 0 Å². The number of fused-ring (bicyclic) bond motifs is 13. The molecule has 11 aromatic carbocycles. The second-order valence-electron chi connectivity index (χ2n) is 15.5. The Bertz CT molecular complexity index is 3370. The minimum atomic E-state index is -0.396. The lowest BCUT2D eigenvalue weighted by atomic mass is 9.69. The van der Waals surface area contributed by atoms with Gasteiger partial charge in [0.1, 0.15) is 0 Å². The van der Waals surface area contributed by atoms with Crippen LogP contribution in [0.25, 0.3) is 98.4 Å². The van der Waals surface area contributed by atoms with Crippen molar-refractivity contribution in [1.82, 2.24) is 0 Å². The van der Waals surface area contributed by atoms with Crippen LogP contribution in [-0.4, -0.2) is 0 Å². The van der Waals surface area contributed by atoms with E-state index in [1.54, 1.807) is 0 Å². The zero-order valence-corrected chi connectivity index (χ0v) is 30.0. The third-order valence-electron chi connectivity index (χ3n) is 13.0. The number of hydrogen-bond donors (Lipinski definition) is 0. The van der Waals surface area contributed by atoms with Crippen LogP contribution in [0.5, 0.6) is 0 Å². The molecule has 0 fully saturated rings. The van der Waals surface area contributed by atoms with Gasteiger partial charge in [0.2, 0.25) is 0 Å². The lowest BCUT2D eigenvalue weighted by Gasteiger charge is -2.31. The van der Waals surface area contributed by atoms with Gasteiger partial charge in [-0.2, -0.15) is 0 Å². The summed E-state index contributed by atoms with van der Waals surface area (Å²) in [5.74, 6) is 0. The smallest absolute Gasteiger partial charge is 0.0619 e. The minimum Gasteiger partial charge on any atom is -0.0619 e. The molecule has 13 rings (SSSR count). The molecule has 0 heterocycles. The van der Waals surface area contributed by atoms with E-state index in [0.29, 0.717) is 0 Å². The van der Waals surface area contributed by atoms with Crippen molar-refractivity contribution in [2.24, 2.45) is 0 Å². The lowest BCUT2D eigenvalue weighted by Crippen LogP contribution is -2.26.